The third-order valence-electron chi connectivity index (χ3n) is 2.36. The number of carbonyl (C=O) groups excluding carboxylic acids is 1. The van der Waals surface area contributed by atoms with Crippen molar-refractivity contribution in [3.8, 4) is 0 Å². The molecule has 3 heterocycles. The SMILES string of the molecule is O=C(Cc1cn2ccsc2n1)c1sccc1Cl. The van der Waals surface area contributed by atoms with Crippen molar-refractivity contribution in [3.05, 3.63) is 44.8 Å². The molecule has 0 radical (unpaired) electrons. The minimum atomic E-state index is 0.0238. The van der Waals surface area contributed by atoms with Crippen LogP contribution in [0.4, 0.5) is 0 Å². The molecule has 0 aliphatic rings. The molecule has 17 heavy (non-hydrogen) atoms. The lowest BCUT2D eigenvalue weighted by molar-refractivity contribution is 0.0996. The highest BCUT2D eigenvalue weighted by Gasteiger charge is 2.14. The van der Waals surface area contributed by atoms with Crippen LogP contribution in [0, 0.1) is 0 Å². The van der Waals surface area contributed by atoms with Crippen LogP contribution in [0.1, 0.15) is 15.4 Å². The van der Waals surface area contributed by atoms with E-state index in [4.69, 9.17) is 11.6 Å². The van der Waals surface area contributed by atoms with Crippen LogP contribution < -0.4 is 0 Å². The Morgan fingerprint density at radius 3 is 3.00 bits per heavy atom. The molecule has 3 rings (SSSR count). The molecule has 0 atom stereocenters. The number of hydrogen-bond acceptors (Lipinski definition) is 4. The molecule has 0 amide bonds. The molecule has 86 valence electrons. The minimum absolute atomic E-state index is 0.0238. The van der Waals surface area contributed by atoms with E-state index in [1.165, 1.54) is 11.3 Å². The summed E-state index contributed by atoms with van der Waals surface area (Å²) in [7, 11) is 0. The monoisotopic (exact) mass is 282 g/mol. The summed E-state index contributed by atoms with van der Waals surface area (Å²) >= 11 is 8.85. The first-order valence-corrected chi connectivity index (χ1v) is 7.05. The van der Waals surface area contributed by atoms with E-state index in [1.54, 1.807) is 17.4 Å². The number of rotatable bonds is 3. The van der Waals surface area contributed by atoms with E-state index in [1.807, 2.05) is 27.6 Å². The van der Waals surface area contributed by atoms with Crippen LogP contribution in [0.5, 0.6) is 0 Å². The van der Waals surface area contributed by atoms with Gasteiger partial charge in [-0.15, -0.1) is 22.7 Å². The van der Waals surface area contributed by atoms with Gasteiger partial charge in [-0.05, 0) is 11.4 Å². The first-order chi connectivity index (χ1) is 8.24. The zero-order valence-corrected chi connectivity index (χ0v) is 11.0. The first-order valence-electron chi connectivity index (χ1n) is 4.91. The highest BCUT2D eigenvalue weighted by Crippen LogP contribution is 2.23. The van der Waals surface area contributed by atoms with Crippen molar-refractivity contribution >= 4 is 45.0 Å². The predicted octanol–water partition coefficient (Wildman–Crippen LogP) is 3.54. The number of imidazole rings is 1. The summed E-state index contributed by atoms with van der Waals surface area (Å²) in [6, 6.07) is 1.74. The van der Waals surface area contributed by atoms with Crippen LogP contribution in [0.3, 0.4) is 0 Å². The molecule has 0 aliphatic heterocycles. The fourth-order valence-electron chi connectivity index (χ4n) is 1.60. The number of halogens is 1. The average molecular weight is 283 g/mol. The van der Waals surface area contributed by atoms with E-state index in [9.17, 15) is 4.79 Å². The second kappa shape index (κ2) is 4.25. The third-order valence-corrected chi connectivity index (χ3v) is 4.51. The van der Waals surface area contributed by atoms with E-state index in [-0.39, 0.29) is 5.78 Å². The number of nitrogens with zero attached hydrogens (tertiary/aromatic N) is 2. The van der Waals surface area contributed by atoms with Crippen molar-refractivity contribution in [3.63, 3.8) is 0 Å². The van der Waals surface area contributed by atoms with Crippen LogP contribution in [0.2, 0.25) is 5.02 Å². The standard InChI is InChI=1S/C11H7ClN2OS2/c12-8-1-3-16-10(8)9(15)5-7-6-14-2-4-17-11(14)13-7/h1-4,6H,5H2. The van der Waals surface area contributed by atoms with Crippen molar-refractivity contribution in [1.29, 1.82) is 0 Å². The molecule has 3 nitrogen and oxygen atoms in total. The van der Waals surface area contributed by atoms with Gasteiger partial charge in [0.1, 0.15) is 0 Å². The number of thiophene rings is 1. The van der Waals surface area contributed by atoms with Gasteiger partial charge in [0.05, 0.1) is 22.0 Å². The Kier molecular flexibility index (Phi) is 2.74. The minimum Gasteiger partial charge on any atom is -0.297 e. The summed E-state index contributed by atoms with van der Waals surface area (Å²) in [5, 5.41) is 4.31. The molecule has 0 spiro atoms. The summed E-state index contributed by atoms with van der Waals surface area (Å²) in [6.45, 7) is 0. The maximum atomic E-state index is 12.0. The number of Topliss-reactive ketones (excluding diaryl/α,β-unsaturated/α-hetero) is 1. The van der Waals surface area contributed by atoms with E-state index in [0.717, 1.165) is 10.7 Å². The Hall–Kier alpha value is -1.17. The molecular weight excluding hydrogens is 276 g/mol. The van der Waals surface area contributed by atoms with Crippen LogP contribution in [-0.2, 0) is 6.42 Å². The molecule has 0 aliphatic carbocycles. The van der Waals surface area contributed by atoms with Crippen molar-refractivity contribution in [2.75, 3.05) is 0 Å². The lowest BCUT2D eigenvalue weighted by atomic mass is 10.2. The Morgan fingerprint density at radius 2 is 2.29 bits per heavy atom. The van der Waals surface area contributed by atoms with Gasteiger partial charge in [0, 0.05) is 17.8 Å². The molecule has 0 saturated carbocycles. The summed E-state index contributed by atoms with van der Waals surface area (Å²) in [6.07, 6.45) is 4.11. The molecule has 3 aromatic heterocycles. The van der Waals surface area contributed by atoms with Crippen molar-refractivity contribution in [1.82, 2.24) is 9.38 Å². The quantitative estimate of drug-likeness (QED) is 0.689. The molecule has 0 bridgehead atoms. The summed E-state index contributed by atoms with van der Waals surface area (Å²) in [5.74, 6) is 0.0238. The highest BCUT2D eigenvalue weighted by molar-refractivity contribution is 7.15. The number of carbonyl (C=O) groups is 1. The molecule has 0 fully saturated rings. The maximum absolute atomic E-state index is 12.0. The number of hydrogen-bond donors (Lipinski definition) is 0. The van der Waals surface area contributed by atoms with Crippen molar-refractivity contribution in [2.24, 2.45) is 0 Å². The summed E-state index contributed by atoms with van der Waals surface area (Å²) in [5.41, 5.74) is 0.784. The maximum Gasteiger partial charge on any atom is 0.193 e. The molecule has 6 heteroatoms. The second-order valence-electron chi connectivity index (χ2n) is 3.52. The van der Waals surface area contributed by atoms with Crippen LogP contribution in [-0.4, -0.2) is 15.2 Å². The summed E-state index contributed by atoms with van der Waals surface area (Å²) < 4.78 is 1.92. The van der Waals surface area contributed by atoms with Crippen LogP contribution >= 0.6 is 34.3 Å². The van der Waals surface area contributed by atoms with Crippen molar-refractivity contribution < 1.29 is 4.79 Å². The lowest BCUT2D eigenvalue weighted by Crippen LogP contribution is -2.01. The number of thiazole rings is 1. The van der Waals surface area contributed by atoms with Gasteiger partial charge >= 0.3 is 0 Å². The van der Waals surface area contributed by atoms with E-state index in [2.05, 4.69) is 4.98 Å². The second-order valence-corrected chi connectivity index (χ2v) is 5.72. The fourth-order valence-corrected chi connectivity index (χ4v) is 3.42. The number of ketones is 1. The Labute approximate surface area is 110 Å². The molecular formula is C11H7ClN2OS2. The molecule has 3 aromatic rings. The van der Waals surface area contributed by atoms with Gasteiger partial charge in [-0.1, -0.05) is 11.6 Å². The van der Waals surface area contributed by atoms with Crippen molar-refractivity contribution in [2.45, 2.75) is 6.42 Å². The van der Waals surface area contributed by atoms with Crippen LogP contribution in [0.15, 0.2) is 29.2 Å². The van der Waals surface area contributed by atoms with Gasteiger partial charge in [0.2, 0.25) is 0 Å². The lowest BCUT2D eigenvalue weighted by Gasteiger charge is -1.95. The number of fused-ring (bicyclic) bond motifs is 1. The Bertz CT molecular complexity index is 654. The van der Waals surface area contributed by atoms with Gasteiger partial charge in [-0.2, -0.15) is 0 Å². The Morgan fingerprint density at radius 1 is 1.41 bits per heavy atom. The predicted molar refractivity (Wildman–Crippen MR) is 70.4 cm³/mol. The first kappa shape index (κ1) is 11.0. The largest absolute Gasteiger partial charge is 0.297 e. The van der Waals surface area contributed by atoms with E-state index < -0.39 is 0 Å². The van der Waals surface area contributed by atoms with E-state index in [0.29, 0.717) is 16.3 Å². The molecule has 0 N–H and O–H groups in total. The smallest absolute Gasteiger partial charge is 0.193 e. The number of aromatic nitrogens is 2. The topological polar surface area (TPSA) is 34.4 Å². The fraction of sp³-hybridized carbons (Fsp3) is 0.0909. The Balaban J connectivity index is 1.86. The van der Waals surface area contributed by atoms with Gasteiger partial charge in [-0.25, -0.2) is 4.98 Å². The van der Waals surface area contributed by atoms with Gasteiger partial charge in [0.15, 0.2) is 10.7 Å². The summed E-state index contributed by atoms with van der Waals surface area (Å²) in [4.78, 5) is 17.9. The zero-order chi connectivity index (χ0) is 11.8. The average Bonchev–Trinajstić information content (AvgIpc) is 2.92. The van der Waals surface area contributed by atoms with Gasteiger partial charge < -0.3 is 0 Å². The van der Waals surface area contributed by atoms with Gasteiger partial charge in [0.25, 0.3) is 0 Å². The normalized spacial score (nSPS) is 11.1. The molecule has 0 saturated heterocycles. The van der Waals surface area contributed by atoms with Gasteiger partial charge in [-0.3, -0.25) is 9.20 Å². The van der Waals surface area contributed by atoms with Crippen LogP contribution in [0.25, 0.3) is 4.96 Å². The highest BCUT2D eigenvalue weighted by atomic mass is 35.5. The third kappa shape index (κ3) is 2.01. The zero-order valence-electron chi connectivity index (χ0n) is 8.59. The van der Waals surface area contributed by atoms with E-state index >= 15 is 0 Å². The molecule has 0 unspecified atom stereocenters. The molecule has 0 aromatic carbocycles.